The van der Waals surface area contributed by atoms with Gasteiger partial charge >= 0.3 is 0 Å². The Balaban J connectivity index is 1.76. The molecule has 7 heteroatoms. The van der Waals surface area contributed by atoms with Crippen molar-refractivity contribution in [1.29, 1.82) is 0 Å². The number of pyridine rings is 1. The first-order valence-electron chi connectivity index (χ1n) is 7.45. The number of anilines is 2. The number of fused-ring (bicyclic) bond motifs is 3. The number of furan rings is 1. The van der Waals surface area contributed by atoms with E-state index in [0.717, 1.165) is 17.0 Å². The molecular weight excluding hydrogens is 343 g/mol. The van der Waals surface area contributed by atoms with E-state index in [1.807, 2.05) is 0 Å². The van der Waals surface area contributed by atoms with Crippen LogP contribution in [0.15, 0.2) is 64.0 Å². The molecule has 5 nitrogen and oxygen atoms in total. The van der Waals surface area contributed by atoms with Crippen molar-refractivity contribution in [2.75, 3.05) is 11.6 Å². The van der Waals surface area contributed by atoms with E-state index < -0.39 is 9.84 Å². The van der Waals surface area contributed by atoms with Crippen LogP contribution in [0.2, 0.25) is 0 Å². The summed E-state index contributed by atoms with van der Waals surface area (Å²) < 4.78 is 42.3. The molecule has 4 rings (SSSR count). The summed E-state index contributed by atoms with van der Waals surface area (Å²) in [6.45, 7) is 0. The highest BCUT2D eigenvalue weighted by Gasteiger charge is 2.11. The van der Waals surface area contributed by atoms with Crippen molar-refractivity contribution in [3.05, 3.63) is 60.5 Å². The first-order valence-corrected chi connectivity index (χ1v) is 9.34. The van der Waals surface area contributed by atoms with E-state index in [-0.39, 0.29) is 10.7 Å². The summed E-state index contributed by atoms with van der Waals surface area (Å²) in [7, 11) is -3.29. The molecule has 0 fully saturated rings. The number of rotatable bonds is 3. The number of hydrogen-bond donors (Lipinski definition) is 1. The molecular formula is C18H13FN2O3S. The monoisotopic (exact) mass is 356 g/mol. The lowest BCUT2D eigenvalue weighted by molar-refractivity contribution is 0.602. The quantitative estimate of drug-likeness (QED) is 0.593. The van der Waals surface area contributed by atoms with Crippen LogP contribution in [0.5, 0.6) is 0 Å². The maximum atomic E-state index is 13.3. The van der Waals surface area contributed by atoms with Crippen LogP contribution in [-0.4, -0.2) is 19.7 Å². The van der Waals surface area contributed by atoms with Crippen LogP contribution in [0.25, 0.3) is 21.9 Å². The Hall–Kier alpha value is -2.93. The van der Waals surface area contributed by atoms with Gasteiger partial charge in [-0.25, -0.2) is 17.8 Å². The van der Waals surface area contributed by atoms with Gasteiger partial charge in [-0.1, -0.05) is 6.07 Å². The van der Waals surface area contributed by atoms with E-state index in [4.69, 9.17) is 4.42 Å². The molecule has 1 N–H and O–H groups in total. The molecule has 0 saturated carbocycles. The molecule has 0 aliphatic heterocycles. The molecule has 0 bridgehead atoms. The number of sulfone groups is 1. The molecule has 2 aromatic carbocycles. The minimum absolute atomic E-state index is 0.225. The van der Waals surface area contributed by atoms with Gasteiger partial charge < -0.3 is 9.73 Å². The minimum atomic E-state index is -3.29. The minimum Gasteiger partial charge on any atom is -0.454 e. The molecule has 0 atom stereocenters. The van der Waals surface area contributed by atoms with Crippen molar-refractivity contribution in [3.63, 3.8) is 0 Å². The predicted molar refractivity (Wildman–Crippen MR) is 94.3 cm³/mol. The SMILES string of the molecule is CS(=O)(=O)c1cccc(Nc2cc3c(cn2)oc2cc(F)ccc23)c1. The first-order chi connectivity index (χ1) is 11.9. The lowest BCUT2D eigenvalue weighted by atomic mass is 10.2. The zero-order valence-corrected chi connectivity index (χ0v) is 14.0. The Morgan fingerprint density at radius 1 is 1.04 bits per heavy atom. The molecule has 2 heterocycles. The third-order valence-corrected chi connectivity index (χ3v) is 4.97. The van der Waals surface area contributed by atoms with Crippen LogP contribution in [0.4, 0.5) is 15.9 Å². The second kappa shape index (κ2) is 5.56. The van der Waals surface area contributed by atoms with Crippen molar-refractivity contribution >= 4 is 43.3 Å². The molecule has 126 valence electrons. The summed E-state index contributed by atoms with van der Waals surface area (Å²) in [6, 6.07) is 12.6. The summed E-state index contributed by atoms with van der Waals surface area (Å²) in [5.41, 5.74) is 1.61. The van der Waals surface area contributed by atoms with E-state index >= 15 is 0 Å². The third-order valence-electron chi connectivity index (χ3n) is 3.86. The van der Waals surface area contributed by atoms with Gasteiger partial charge in [-0.2, -0.15) is 0 Å². The van der Waals surface area contributed by atoms with Crippen LogP contribution in [-0.2, 0) is 9.84 Å². The molecule has 0 unspecified atom stereocenters. The van der Waals surface area contributed by atoms with Crippen molar-refractivity contribution in [3.8, 4) is 0 Å². The van der Waals surface area contributed by atoms with E-state index in [1.165, 1.54) is 18.2 Å². The average Bonchev–Trinajstić information content (AvgIpc) is 2.91. The van der Waals surface area contributed by atoms with E-state index in [2.05, 4.69) is 10.3 Å². The van der Waals surface area contributed by atoms with E-state index in [1.54, 1.807) is 36.5 Å². The zero-order chi connectivity index (χ0) is 17.6. The van der Waals surface area contributed by atoms with Gasteiger partial charge in [0.2, 0.25) is 0 Å². The van der Waals surface area contributed by atoms with Crippen LogP contribution < -0.4 is 5.32 Å². The first kappa shape index (κ1) is 15.6. The molecule has 0 amide bonds. The molecule has 0 aliphatic rings. The largest absolute Gasteiger partial charge is 0.454 e. The van der Waals surface area contributed by atoms with Crippen LogP contribution in [0.3, 0.4) is 0 Å². The van der Waals surface area contributed by atoms with Gasteiger partial charge in [0, 0.05) is 28.8 Å². The van der Waals surface area contributed by atoms with Gasteiger partial charge in [-0.05, 0) is 36.4 Å². The topological polar surface area (TPSA) is 72.2 Å². The summed E-state index contributed by atoms with van der Waals surface area (Å²) in [6.07, 6.45) is 2.71. The van der Waals surface area contributed by atoms with Crippen LogP contribution in [0.1, 0.15) is 0 Å². The normalized spacial score (nSPS) is 11.9. The second-order valence-electron chi connectivity index (χ2n) is 5.73. The van der Waals surface area contributed by atoms with E-state index in [9.17, 15) is 12.8 Å². The van der Waals surface area contributed by atoms with Crippen molar-refractivity contribution in [1.82, 2.24) is 4.98 Å². The van der Waals surface area contributed by atoms with Crippen LogP contribution >= 0.6 is 0 Å². The fourth-order valence-corrected chi connectivity index (χ4v) is 3.34. The lowest BCUT2D eigenvalue weighted by Crippen LogP contribution is -1.99. The number of nitrogens with zero attached hydrogens (tertiary/aromatic N) is 1. The number of benzene rings is 2. The maximum Gasteiger partial charge on any atom is 0.175 e. The molecule has 0 radical (unpaired) electrons. The molecule has 0 saturated heterocycles. The Bertz CT molecular complexity index is 1220. The Morgan fingerprint density at radius 3 is 2.68 bits per heavy atom. The summed E-state index contributed by atoms with van der Waals surface area (Å²) in [4.78, 5) is 4.49. The summed E-state index contributed by atoms with van der Waals surface area (Å²) in [5.74, 6) is 0.167. The van der Waals surface area contributed by atoms with Gasteiger partial charge in [0.25, 0.3) is 0 Å². The Morgan fingerprint density at radius 2 is 1.88 bits per heavy atom. The number of nitrogens with one attached hydrogen (secondary N) is 1. The molecule has 25 heavy (non-hydrogen) atoms. The smallest absolute Gasteiger partial charge is 0.175 e. The highest BCUT2D eigenvalue weighted by molar-refractivity contribution is 7.90. The standard InChI is InChI=1S/C18H13FN2O3S/c1-25(22,23)13-4-2-3-12(8-13)21-18-9-15-14-6-5-11(19)7-16(14)24-17(15)10-20-18/h2-10H,1H3,(H,20,21). The highest BCUT2D eigenvalue weighted by atomic mass is 32.2. The van der Waals surface area contributed by atoms with Gasteiger partial charge in [0.05, 0.1) is 11.1 Å². The van der Waals surface area contributed by atoms with Gasteiger partial charge in [0.15, 0.2) is 15.4 Å². The second-order valence-corrected chi connectivity index (χ2v) is 7.75. The molecule has 4 aromatic rings. The zero-order valence-electron chi connectivity index (χ0n) is 13.2. The van der Waals surface area contributed by atoms with Crippen molar-refractivity contribution in [2.45, 2.75) is 4.90 Å². The maximum absolute atomic E-state index is 13.3. The van der Waals surface area contributed by atoms with Gasteiger partial charge in [-0.3, -0.25) is 0 Å². The van der Waals surface area contributed by atoms with Crippen molar-refractivity contribution < 1.29 is 17.2 Å². The third kappa shape index (κ3) is 2.94. The van der Waals surface area contributed by atoms with Crippen LogP contribution in [0, 0.1) is 5.82 Å². The average molecular weight is 356 g/mol. The lowest BCUT2D eigenvalue weighted by Gasteiger charge is -2.07. The molecule has 0 spiro atoms. The molecule has 0 aliphatic carbocycles. The Kier molecular flexibility index (Phi) is 3.47. The summed E-state index contributed by atoms with van der Waals surface area (Å²) >= 11 is 0. The number of aromatic nitrogens is 1. The fraction of sp³-hybridized carbons (Fsp3) is 0.0556. The fourth-order valence-electron chi connectivity index (χ4n) is 2.68. The highest BCUT2D eigenvalue weighted by Crippen LogP contribution is 2.31. The van der Waals surface area contributed by atoms with E-state index in [0.29, 0.717) is 22.7 Å². The molecule has 2 aromatic heterocycles. The number of hydrogen-bond acceptors (Lipinski definition) is 5. The Labute approximate surface area is 143 Å². The van der Waals surface area contributed by atoms with Gasteiger partial charge in [-0.15, -0.1) is 0 Å². The van der Waals surface area contributed by atoms with Crippen molar-refractivity contribution in [2.24, 2.45) is 0 Å². The number of halogens is 1. The predicted octanol–water partition coefficient (Wildman–Crippen LogP) is 4.27. The summed E-state index contributed by atoms with van der Waals surface area (Å²) in [5, 5.41) is 4.67. The van der Waals surface area contributed by atoms with Gasteiger partial charge in [0.1, 0.15) is 17.2 Å².